The molecule has 1 fully saturated rings. The van der Waals surface area contributed by atoms with Gasteiger partial charge >= 0.3 is 0 Å². The van der Waals surface area contributed by atoms with Crippen LogP contribution in [0.3, 0.4) is 0 Å². The van der Waals surface area contributed by atoms with Crippen LogP contribution in [0.4, 0.5) is 5.82 Å². The number of furan rings is 1. The maximum absolute atomic E-state index is 6.00. The first-order valence-corrected chi connectivity index (χ1v) is 10.6. The van der Waals surface area contributed by atoms with Crippen molar-refractivity contribution in [3.63, 3.8) is 0 Å². The molecule has 0 radical (unpaired) electrons. The molecule has 5 rings (SSSR count). The van der Waals surface area contributed by atoms with E-state index in [2.05, 4.69) is 21.3 Å². The van der Waals surface area contributed by atoms with Gasteiger partial charge in [-0.2, -0.15) is 0 Å². The number of hydrogen-bond donors (Lipinski definition) is 1. The van der Waals surface area contributed by atoms with Gasteiger partial charge in [0.2, 0.25) is 0 Å². The predicted octanol–water partition coefficient (Wildman–Crippen LogP) is 4.08. The lowest BCUT2D eigenvalue weighted by atomic mass is 10.1. The first-order chi connectivity index (χ1) is 15.3. The summed E-state index contributed by atoms with van der Waals surface area (Å²) in [6.45, 7) is 5.86. The van der Waals surface area contributed by atoms with Crippen molar-refractivity contribution in [2.75, 3.05) is 38.2 Å². The molecule has 158 valence electrons. The summed E-state index contributed by atoms with van der Waals surface area (Å²) >= 11 is 0. The van der Waals surface area contributed by atoms with Crippen LogP contribution in [0.25, 0.3) is 22.3 Å². The molecule has 1 N–H and O–H groups in total. The van der Waals surface area contributed by atoms with Crippen LogP contribution in [0.2, 0.25) is 0 Å². The van der Waals surface area contributed by atoms with E-state index in [1.807, 2.05) is 49.4 Å². The molecule has 4 aromatic rings. The zero-order chi connectivity index (χ0) is 21.0. The van der Waals surface area contributed by atoms with Crippen molar-refractivity contribution in [3.8, 4) is 11.4 Å². The minimum atomic E-state index is 0.0909. The number of aromatic nitrogens is 3. The fraction of sp³-hybridized carbons (Fsp3) is 0.292. The number of nitrogens with zero attached hydrogens (tertiary/aromatic N) is 4. The molecule has 7 heteroatoms. The third kappa shape index (κ3) is 4.28. The van der Waals surface area contributed by atoms with E-state index in [0.717, 1.165) is 60.1 Å². The van der Waals surface area contributed by atoms with Crippen molar-refractivity contribution in [2.24, 2.45) is 0 Å². The number of rotatable bonds is 6. The highest BCUT2D eigenvalue weighted by atomic mass is 16.5. The fourth-order valence-electron chi connectivity index (χ4n) is 3.96. The molecule has 3 aromatic heterocycles. The average molecular weight is 415 g/mol. The molecule has 1 aliphatic heterocycles. The van der Waals surface area contributed by atoms with Crippen LogP contribution in [0.1, 0.15) is 17.6 Å². The van der Waals surface area contributed by atoms with Gasteiger partial charge in [0.15, 0.2) is 5.82 Å². The van der Waals surface area contributed by atoms with Gasteiger partial charge in [-0.25, -0.2) is 9.97 Å². The minimum Gasteiger partial charge on any atom is -0.465 e. The van der Waals surface area contributed by atoms with E-state index < -0.39 is 0 Å². The monoisotopic (exact) mass is 415 g/mol. The molecule has 1 aromatic carbocycles. The first-order valence-electron chi connectivity index (χ1n) is 10.6. The van der Waals surface area contributed by atoms with E-state index in [1.165, 1.54) is 0 Å². The maximum atomic E-state index is 6.00. The van der Waals surface area contributed by atoms with Crippen LogP contribution in [0, 0.1) is 6.92 Å². The third-order valence-electron chi connectivity index (χ3n) is 5.56. The topological polar surface area (TPSA) is 76.3 Å². The molecule has 4 heterocycles. The molecule has 1 saturated heterocycles. The lowest BCUT2D eigenvalue weighted by Crippen LogP contribution is -2.41. The van der Waals surface area contributed by atoms with Crippen LogP contribution in [0.15, 0.2) is 65.3 Å². The fourth-order valence-corrected chi connectivity index (χ4v) is 3.96. The van der Waals surface area contributed by atoms with Crippen LogP contribution >= 0.6 is 0 Å². The Morgan fingerprint density at radius 3 is 2.68 bits per heavy atom. The molecule has 0 aliphatic carbocycles. The number of hydrogen-bond acceptors (Lipinski definition) is 7. The first kappa shape index (κ1) is 19.7. The van der Waals surface area contributed by atoms with Crippen molar-refractivity contribution >= 4 is 16.7 Å². The van der Waals surface area contributed by atoms with Gasteiger partial charge < -0.3 is 14.5 Å². The van der Waals surface area contributed by atoms with Crippen molar-refractivity contribution in [1.29, 1.82) is 0 Å². The second-order valence-electron chi connectivity index (χ2n) is 7.65. The quantitative estimate of drug-likeness (QED) is 0.508. The number of para-hydroxylation sites is 1. The van der Waals surface area contributed by atoms with Gasteiger partial charge in [-0.15, -0.1) is 0 Å². The summed E-state index contributed by atoms with van der Waals surface area (Å²) in [6.07, 6.45) is 3.54. The number of ether oxygens (including phenoxy) is 1. The van der Waals surface area contributed by atoms with Crippen molar-refractivity contribution in [1.82, 2.24) is 19.9 Å². The number of pyridine rings is 1. The SMILES string of the molecule is Cc1ccc([C@H](CNc2nc(-c3cccnc3)nc3ccccc23)N2CCOCC2)o1. The lowest BCUT2D eigenvalue weighted by molar-refractivity contribution is 0.0143. The molecular formula is C24H25N5O2. The van der Waals surface area contributed by atoms with Crippen molar-refractivity contribution < 1.29 is 9.15 Å². The Morgan fingerprint density at radius 2 is 1.90 bits per heavy atom. The molecule has 0 spiro atoms. The Morgan fingerprint density at radius 1 is 1.03 bits per heavy atom. The van der Waals surface area contributed by atoms with E-state index in [1.54, 1.807) is 12.4 Å². The maximum Gasteiger partial charge on any atom is 0.163 e. The van der Waals surface area contributed by atoms with E-state index in [-0.39, 0.29) is 6.04 Å². The van der Waals surface area contributed by atoms with Crippen molar-refractivity contribution in [3.05, 3.63) is 72.4 Å². The number of aryl methyl sites for hydroxylation is 1. The second kappa shape index (κ2) is 8.83. The smallest absolute Gasteiger partial charge is 0.163 e. The Labute approximate surface area is 181 Å². The van der Waals surface area contributed by atoms with Gasteiger partial charge in [0.25, 0.3) is 0 Å². The second-order valence-corrected chi connectivity index (χ2v) is 7.65. The summed E-state index contributed by atoms with van der Waals surface area (Å²) in [7, 11) is 0. The summed E-state index contributed by atoms with van der Waals surface area (Å²) in [5.74, 6) is 3.34. The Balaban J connectivity index is 1.48. The van der Waals surface area contributed by atoms with E-state index in [4.69, 9.17) is 19.1 Å². The van der Waals surface area contributed by atoms with E-state index >= 15 is 0 Å². The highest BCUT2D eigenvalue weighted by Crippen LogP contribution is 2.28. The van der Waals surface area contributed by atoms with E-state index in [9.17, 15) is 0 Å². The largest absolute Gasteiger partial charge is 0.465 e. The van der Waals surface area contributed by atoms with Crippen LogP contribution < -0.4 is 5.32 Å². The zero-order valence-electron chi connectivity index (χ0n) is 17.5. The standard InChI is InChI=1S/C24H25N5O2/c1-17-8-9-22(31-17)21(29-11-13-30-14-12-29)16-26-24-19-6-2-3-7-20(19)27-23(28-24)18-5-4-10-25-15-18/h2-10,15,21H,11-14,16H2,1H3,(H,26,27,28)/t21-/m0/s1. The van der Waals surface area contributed by atoms with Crippen molar-refractivity contribution in [2.45, 2.75) is 13.0 Å². The van der Waals surface area contributed by atoms with Crippen LogP contribution in [0.5, 0.6) is 0 Å². The molecule has 1 atom stereocenters. The van der Waals surface area contributed by atoms with Gasteiger partial charge in [0.1, 0.15) is 17.3 Å². The van der Waals surface area contributed by atoms with Gasteiger partial charge in [0.05, 0.1) is 24.8 Å². The van der Waals surface area contributed by atoms with Gasteiger partial charge in [-0.1, -0.05) is 12.1 Å². The normalized spacial score (nSPS) is 15.8. The Hall–Kier alpha value is -3.29. The molecule has 0 unspecified atom stereocenters. The summed E-state index contributed by atoms with van der Waals surface area (Å²) in [5.41, 5.74) is 1.79. The molecule has 31 heavy (non-hydrogen) atoms. The average Bonchev–Trinajstić information content (AvgIpc) is 3.26. The third-order valence-corrected chi connectivity index (χ3v) is 5.56. The number of fused-ring (bicyclic) bond motifs is 1. The molecule has 1 aliphatic rings. The molecule has 0 bridgehead atoms. The molecule has 0 amide bonds. The lowest BCUT2D eigenvalue weighted by Gasteiger charge is -2.33. The Kier molecular flexibility index (Phi) is 5.60. The van der Waals surface area contributed by atoms with Gasteiger partial charge in [0, 0.05) is 43.0 Å². The summed E-state index contributed by atoms with van der Waals surface area (Å²) in [6, 6.07) is 16.1. The summed E-state index contributed by atoms with van der Waals surface area (Å²) in [4.78, 5) is 16.2. The highest BCUT2D eigenvalue weighted by molar-refractivity contribution is 5.90. The summed E-state index contributed by atoms with van der Waals surface area (Å²) in [5, 5.41) is 4.58. The minimum absolute atomic E-state index is 0.0909. The molecule has 0 saturated carbocycles. The molecular weight excluding hydrogens is 390 g/mol. The number of morpholine rings is 1. The van der Waals surface area contributed by atoms with Gasteiger partial charge in [-0.05, 0) is 43.3 Å². The summed E-state index contributed by atoms with van der Waals surface area (Å²) < 4.78 is 11.6. The van der Waals surface area contributed by atoms with E-state index in [0.29, 0.717) is 12.4 Å². The highest BCUT2D eigenvalue weighted by Gasteiger charge is 2.25. The number of anilines is 1. The Bertz CT molecular complexity index is 1160. The zero-order valence-corrected chi connectivity index (χ0v) is 17.5. The predicted molar refractivity (Wildman–Crippen MR) is 120 cm³/mol. The van der Waals surface area contributed by atoms with Gasteiger partial charge in [-0.3, -0.25) is 9.88 Å². The number of benzene rings is 1. The van der Waals surface area contributed by atoms with Crippen LogP contribution in [-0.2, 0) is 4.74 Å². The molecule has 7 nitrogen and oxygen atoms in total. The number of nitrogens with one attached hydrogen (secondary N) is 1. The van der Waals surface area contributed by atoms with Crippen LogP contribution in [-0.4, -0.2) is 52.7 Å².